The third kappa shape index (κ3) is 5.06. The predicted octanol–water partition coefficient (Wildman–Crippen LogP) is 2.33. The van der Waals surface area contributed by atoms with E-state index in [1.165, 1.54) is 6.07 Å². The third-order valence-corrected chi connectivity index (χ3v) is 4.48. The van der Waals surface area contributed by atoms with Crippen molar-refractivity contribution in [3.8, 4) is 0 Å². The normalized spacial score (nSPS) is 11.6. The van der Waals surface area contributed by atoms with Gasteiger partial charge in [-0.15, -0.1) is 0 Å². The number of halogens is 1. The monoisotopic (exact) mass is 387 g/mol. The second kappa shape index (κ2) is 9.16. The van der Waals surface area contributed by atoms with Crippen molar-refractivity contribution in [1.29, 1.82) is 5.41 Å². The molecule has 2 aromatic rings. The van der Waals surface area contributed by atoms with Crippen LogP contribution in [0.3, 0.4) is 0 Å². The first-order valence-electron chi connectivity index (χ1n) is 8.37. The Morgan fingerprint density at radius 1 is 1.19 bits per heavy atom. The summed E-state index contributed by atoms with van der Waals surface area (Å²) >= 11 is 6.21. The molecule has 0 aliphatic carbocycles. The molecule has 0 spiro atoms. The number of nitrogens with one attached hydrogen (secondary N) is 2. The lowest BCUT2D eigenvalue weighted by Crippen LogP contribution is -2.30. The maximum atomic E-state index is 12.8. The number of benzene rings is 2. The van der Waals surface area contributed by atoms with Gasteiger partial charge in [-0.25, -0.2) is 5.84 Å². The predicted molar refractivity (Wildman–Crippen MR) is 107 cm³/mol. The molecule has 7 nitrogen and oxygen atoms in total. The molecule has 0 saturated carbocycles. The molecule has 0 aliphatic heterocycles. The molecule has 1 atom stereocenters. The summed E-state index contributed by atoms with van der Waals surface area (Å²) in [4.78, 5) is 24.1. The minimum Gasteiger partial charge on any atom is -0.398 e. The molecule has 2 rings (SSSR count). The first-order valence-corrected chi connectivity index (χ1v) is 8.75. The minimum absolute atomic E-state index is 0.116. The van der Waals surface area contributed by atoms with E-state index in [2.05, 4.69) is 5.43 Å². The number of amides is 1. The summed E-state index contributed by atoms with van der Waals surface area (Å²) in [6.45, 7) is 0. The Kier molecular flexibility index (Phi) is 6.92. The zero-order valence-corrected chi connectivity index (χ0v) is 15.4. The van der Waals surface area contributed by atoms with Crippen molar-refractivity contribution in [2.24, 2.45) is 11.6 Å². The molecule has 142 valence electrons. The molecular formula is C19H22ClN5O2. The Balaban J connectivity index is 2.37. The van der Waals surface area contributed by atoms with Gasteiger partial charge in [-0.05, 0) is 30.5 Å². The van der Waals surface area contributed by atoms with Gasteiger partial charge in [-0.2, -0.15) is 0 Å². The van der Waals surface area contributed by atoms with Gasteiger partial charge in [0.1, 0.15) is 0 Å². The number of amidine groups is 1. The number of hydrogen-bond acceptors (Lipinski definition) is 5. The smallest absolute Gasteiger partial charge is 0.233 e. The van der Waals surface area contributed by atoms with Gasteiger partial charge in [0.15, 0.2) is 5.78 Å². The SMILES string of the molecule is N=C(N)C(CCCC(=O)NN)c1cc(Cl)cc(C(=O)c2ccccc2)c1N. The summed E-state index contributed by atoms with van der Waals surface area (Å²) in [5.74, 6) is 3.83. The van der Waals surface area contributed by atoms with Crippen molar-refractivity contribution < 1.29 is 9.59 Å². The Bertz CT molecular complexity index is 855. The van der Waals surface area contributed by atoms with Crippen LogP contribution in [0.15, 0.2) is 42.5 Å². The molecule has 0 heterocycles. The van der Waals surface area contributed by atoms with Crippen LogP contribution in [0.1, 0.15) is 46.7 Å². The highest BCUT2D eigenvalue weighted by molar-refractivity contribution is 6.31. The molecule has 1 amide bonds. The lowest BCUT2D eigenvalue weighted by molar-refractivity contribution is -0.121. The number of nitrogen functional groups attached to an aromatic ring is 1. The average Bonchev–Trinajstić information content (AvgIpc) is 2.66. The van der Waals surface area contributed by atoms with E-state index < -0.39 is 5.92 Å². The molecule has 0 radical (unpaired) electrons. The molecule has 0 saturated heterocycles. The molecule has 0 aromatic heterocycles. The highest BCUT2D eigenvalue weighted by Gasteiger charge is 2.23. The van der Waals surface area contributed by atoms with Gasteiger partial charge in [0, 0.05) is 34.2 Å². The standard InChI is InChI=1S/C19H22ClN5O2/c20-12-9-14(13(19(22)23)7-4-8-16(26)25-24)17(21)15(10-12)18(27)11-5-2-1-3-6-11/h1-3,5-6,9-10,13H,4,7-8,21,24H2,(H3,22,23)(H,25,26). The van der Waals surface area contributed by atoms with Crippen LogP contribution in [-0.2, 0) is 4.79 Å². The summed E-state index contributed by atoms with van der Waals surface area (Å²) < 4.78 is 0. The Morgan fingerprint density at radius 3 is 2.44 bits per heavy atom. The fourth-order valence-electron chi connectivity index (χ4n) is 2.88. The van der Waals surface area contributed by atoms with E-state index >= 15 is 0 Å². The molecule has 0 fully saturated rings. The lowest BCUT2D eigenvalue weighted by atomic mass is 9.88. The number of nitrogens with two attached hydrogens (primary N) is 3. The summed E-state index contributed by atoms with van der Waals surface area (Å²) in [5.41, 5.74) is 15.5. The number of carbonyl (C=O) groups is 2. The minimum atomic E-state index is -0.559. The van der Waals surface area contributed by atoms with Crippen molar-refractivity contribution in [2.45, 2.75) is 25.2 Å². The van der Waals surface area contributed by atoms with Crippen LogP contribution >= 0.6 is 11.6 Å². The van der Waals surface area contributed by atoms with Gasteiger partial charge in [-0.3, -0.25) is 20.4 Å². The molecule has 0 aliphatic rings. The Labute approximate surface area is 162 Å². The molecule has 0 bridgehead atoms. The number of hydrazine groups is 1. The van der Waals surface area contributed by atoms with E-state index in [9.17, 15) is 9.59 Å². The van der Waals surface area contributed by atoms with Crippen molar-refractivity contribution >= 4 is 34.8 Å². The van der Waals surface area contributed by atoms with Crippen LogP contribution in [0.4, 0.5) is 5.69 Å². The topological polar surface area (TPSA) is 148 Å². The largest absolute Gasteiger partial charge is 0.398 e. The Hall–Kier alpha value is -2.90. The first-order chi connectivity index (χ1) is 12.8. The summed E-state index contributed by atoms with van der Waals surface area (Å²) in [6, 6.07) is 11.8. The second-order valence-electron chi connectivity index (χ2n) is 6.12. The maximum absolute atomic E-state index is 12.8. The summed E-state index contributed by atoms with van der Waals surface area (Å²) in [7, 11) is 0. The highest BCUT2D eigenvalue weighted by atomic mass is 35.5. The number of hydrogen-bond donors (Lipinski definition) is 5. The van der Waals surface area contributed by atoms with Crippen LogP contribution < -0.4 is 22.7 Å². The number of anilines is 1. The van der Waals surface area contributed by atoms with Crippen LogP contribution in [0, 0.1) is 5.41 Å². The van der Waals surface area contributed by atoms with Gasteiger partial charge in [-0.1, -0.05) is 41.9 Å². The lowest BCUT2D eigenvalue weighted by Gasteiger charge is -2.20. The van der Waals surface area contributed by atoms with Crippen LogP contribution in [0.25, 0.3) is 0 Å². The van der Waals surface area contributed by atoms with Gasteiger partial charge < -0.3 is 11.5 Å². The van der Waals surface area contributed by atoms with E-state index in [-0.39, 0.29) is 35.2 Å². The fraction of sp³-hybridized carbons (Fsp3) is 0.211. The van der Waals surface area contributed by atoms with Crippen molar-refractivity contribution in [3.05, 3.63) is 64.2 Å². The summed E-state index contributed by atoms with van der Waals surface area (Å²) in [5, 5.41) is 8.22. The van der Waals surface area contributed by atoms with E-state index in [1.807, 2.05) is 6.07 Å². The number of carbonyl (C=O) groups excluding carboxylic acids is 2. The highest BCUT2D eigenvalue weighted by Crippen LogP contribution is 2.33. The van der Waals surface area contributed by atoms with E-state index in [0.717, 1.165) is 0 Å². The third-order valence-electron chi connectivity index (χ3n) is 4.27. The maximum Gasteiger partial charge on any atom is 0.233 e. The molecule has 27 heavy (non-hydrogen) atoms. The van der Waals surface area contributed by atoms with E-state index in [1.54, 1.807) is 30.3 Å². The molecule has 1 unspecified atom stereocenters. The number of rotatable bonds is 8. The van der Waals surface area contributed by atoms with Gasteiger partial charge in [0.05, 0.1) is 5.84 Å². The van der Waals surface area contributed by atoms with Crippen molar-refractivity contribution in [1.82, 2.24) is 5.43 Å². The van der Waals surface area contributed by atoms with Crippen LogP contribution in [-0.4, -0.2) is 17.5 Å². The van der Waals surface area contributed by atoms with E-state index in [4.69, 9.17) is 34.3 Å². The van der Waals surface area contributed by atoms with Crippen LogP contribution in [0.5, 0.6) is 0 Å². The fourth-order valence-corrected chi connectivity index (χ4v) is 3.10. The van der Waals surface area contributed by atoms with Gasteiger partial charge >= 0.3 is 0 Å². The van der Waals surface area contributed by atoms with Gasteiger partial charge in [0.2, 0.25) is 5.91 Å². The number of ketones is 1. The Morgan fingerprint density at radius 2 is 1.85 bits per heavy atom. The van der Waals surface area contributed by atoms with Crippen LogP contribution in [0.2, 0.25) is 5.02 Å². The molecular weight excluding hydrogens is 366 g/mol. The van der Waals surface area contributed by atoms with Gasteiger partial charge in [0.25, 0.3) is 0 Å². The molecule has 8 heteroatoms. The first kappa shape index (κ1) is 20.4. The second-order valence-corrected chi connectivity index (χ2v) is 6.56. The average molecular weight is 388 g/mol. The molecule has 2 aromatic carbocycles. The van der Waals surface area contributed by atoms with E-state index in [0.29, 0.717) is 29.0 Å². The zero-order valence-electron chi connectivity index (χ0n) is 14.7. The van der Waals surface area contributed by atoms with Crippen molar-refractivity contribution in [2.75, 3.05) is 5.73 Å². The zero-order chi connectivity index (χ0) is 20.0. The quantitative estimate of drug-likeness (QED) is 0.0896. The van der Waals surface area contributed by atoms with Crippen molar-refractivity contribution in [3.63, 3.8) is 0 Å². The summed E-state index contributed by atoms with van der Waals surface area (Å²) in [6.07, 6.45) is 1.03. The molecule has 8 N–H and O–H groups in total.